The average Bonchev–Trinajstić information content (AvgIpc) is 2.98. The first-order valence-electron chi connectivity index (χ1n) is 6.56. The van der Waals surface area contributed by atoms with Gasteiger partial charge < -0.3 is 5.11 Å². The summed E-state index contributed by atoms with van der Waals surface area (Å²) < 4.78 is 1.06. The zero-order chi connectivity index (χ0) is 17.4. The van der Waals surface area contributed by atoms with Crippen LogP contribution in [0.5, 0.6) is 5.75 Å². The van der Waals surface area contributed by atoms with Crippen LogP contribution in [0.15, 0.2) is 33.5 Å². The van der Waals surface area contributed by atoms with Crippen molar-refractivity contribution in [3.05, 3.63) is 60.5 Å². The molecule has 1 N–H and O–H groups in total. The van der Waals surface area contributed by atoms with Crippen LogP contribution in [-0.4, -0.2) is 25.9 Å². The lowest BCUT2D eigenvalue weighted by Gasteiger charge is -2.04. The number of phenols is 1. The highest BCUT2D eigenvalue weighted by molar-refractivity contribution is 7.16. The van der Waals surface area contributed by atoms with Crippen LogP contribution in [0.25, 0.3) is 10.2 Å². The Bertz CT molecular complexity index is 1060. The third kappa shape index (κ3) is 2.74. The number of aromatic nitrogens is 2. The van der Waals surface area contributed by atoms with E-state index in [1.165, 1.54) is 17.4 Å². The fourth-order valence-corrected chi connectivity index (χ4v) is 3.13. The van der Waals surface area contributed by atoms with Gasteiger partial charge in [0.25, 0.3) is 5.56 Å². The van der Waals surface area contributed by atoms with E-state index in [1.807, 2.05) is 0 Å². The van der Waals surface area contributed by atoms with Gasteiger partial charge in [0.2, 0.25) is 5.75 Å². The molecule has 2 aromatic heterocycles. The monoisotopic (exact) mass is 364 g/mol. The second-order valence-electron chi connectivity index (χ2n) is 4.78. The largest absolute Gasteiger partial charge is 0.502 e. The highest BCUT2D eigenvalue weighted by Gasteiger charge is 2.18. The second-order valence-corrected chi connectivity index (χ2v) is 6.11. The number of thiophene rings is 1. The van der Waals surface area contributed by atoms with E-state index < -0.39 is 16.4 Å². The lowest BCUT2D eigenvalue weighted by Crippen LogP contribution is -2.19. The molecule has 0 spiro atoms. The van der Waals surface area contributed by atoms with Crippen molar-refractivity contribution < 1.29 is 10.0 Å². The molecule has 3 rings (SSSR count). The number of nitrogens with zero attached hydrogens (tertiary/aromatic N) is 4. The molecule has 0 unspecified atom stereocenters. The molecule has 0 amide bonds. The van der Waals surface area contributed by atoms with E-state index in [9.17, 15) is 20.0 Å². The van der Waals surface area contributed by atoms with E-state index >= 15 is 0 Å². The van der Waals surface area contributed by atoms with Crippen molar-refractivity contribution in [2.45, 2.75) is 6.92 Å². The number of phenolic OH excluding ortho intramolecular Hbond substituents is 1. The number of rotatable bonds is 3. The molecule has 0 bridgehead atoms. The fourth-order valence-electron chi connectivity index (χ4n) is 2.10. The molecule has 0 fully saturated rings. The first-order valence-corrected chi connectivity index (χ1v) is 7.82. The third-order valence-corrected chi connectivity index (χ3v) is 4.26. The highest BCUT2D eigenvalue weighted by atomic mass is 35.5. The summed E-state index contributed by atoms with van der Waals surface area (Å²) in [4.78, 5) is 27.4. The van der Waals surface area contributed by atoms with Crippen LogP contribution in [0, 0.1) is 17.0 Å². The Balaban J connectivity index is 2.13. The maximum absolute atomic E-state index is 12.4. The summed E-state index contributed by atoms with van der Waals surface area (Å²) in [5.74, 6) is -0.231. The van der Waals surface area contributed by atoms with Crippen molar-refractivity contribution in [2.24, 2.45) is 5.10 Å². The van der Waals surface area contributed by atoms with Gasteiger partial charge in [0.1, 0.15) is 10.7 Å². The van der Waals surface area contributed by atoms with Crippen LogP contribution in [0.4, 0.5) is 5.69 Å². The van der Waals surface area contributed by atoms with Crippen LogP contribution < -0.4 is 5.56 Å². The Kier molecular flexibility index (Phi) is 4.04. The first-order chi connectivity index (χ1) is 11.4. The molecule has 0 saturated carbocycles. The van der Waals surface area contributed by atoms with E-state index in [2.05, 4.69) is 10.1 Å². The maximum Gasteiger partial charge on any atom is 0.312 e. The number of benzene rings is 1. The summed E-state index contributed by atoms with van der Waals surface area (Å²) in [6, 6.07) is 3.98. The first kappa shape index (κ1) is 16.1. The summed E-state index contributed by atoms with van der Waals surface area (Å²) in [5.41, 5.74) is -0.892. The molecular weight excluding hydrogens is 356 g/mol. The van der Waals surface area contributed by atoms with Gasteiger partial charge in [0.05, 0.1) is 16.5 Å². The number of nitro benzene ring substituents is 1. The van der Waals surface area contributed by atoms with Gasteiger partial charge in [0.15, 0.2) is 0 Å². The molecule has 0 aliphatic carbocycles. The summed E-state index contributed by atoms with van der Waals surface area (Å²) >= 11 is 7.16. The number of fused-ring (bicyclic) bond motifs is 1. The van der Waals surface area contributed by atoms with Crippen molar-refractivity contribution in [2.75, 3.05) is 0 Å². The quantitative estimate of drug-likeness (QED) is 0.436. The molecule has 0 aliphatic rings. The Morgan fingerprint density at radius 2 is 2.25 bits per heavy atom. The number of aromatic hydroxyl groups is 1. The van der Waals surface area contributed by atoms with Crippen molar-refractivity contribution >= 4 is 45.1 Å². The summed E-state index contributed by atoms with van der Waals surface area (Å²) in [7, 11) is 0. The number of hydrogen-bond acceptors (Lipinski definition) is 7. The minimum Gasteiger partial charge on any atom is -0.502 e. The van der Waals surface area contributed by atoms with Gasteiger partial charge in [-0.2, -0.15) is 9.78 Å². The van der Waals surface area contributed by atoms with Gasteiger partial charge in [-0.05, 0) is 24.4 Å². The zero-order valence-corrected chi connectivity index (χ0v) is 13.7. The van der Waals surface area contributed by atoms with E-state index in [0.717, 1.165) is 17.0 Å². The molecule has 0 atom stereocenters. The topological polar surface area (TPSA) is 111 Å². The Morgan fingerprint density at radius 3 is 2.96 bits per heavy atom. The number of halogens is 1. The summed E-state index contributed by atoms with van der Waals surface area (Å²) in [6.07, 6.45) is 1.13. The smallest absolute Gasteiger partial charge is 0.312 e. The lowest BCUT2D eigenvalue weighted by molar-refractivity contribution is -0.385. The molecule has 1 aromatic carbocycles. The van der Waals surface area contributed by atoms with Gasteiger partial charge in [-0.1, -0.05) is 11.6 Å². The molecule has 24 heavy (non-hydrogen) atoms. The predicted molar refractivity (Wildman–Crippen MR) is 91.4 cm³/mol. The van der Waals surface area contributed by atoms with Crippen molar-refractivity contribution in [1.82, 2.24) is 9.66 Å². The zero-order valence-electron chi connectivity index (χ0n) is 12.1. The molecule has 0 saturated heterocycles. The minimum atomic E-state index is -0.755. The van der Waals surface area contributed by atoms with Gasteiger partial charge >= 0.3 is 5.69 Å². The number of hydrogen-bond donors (Lipinski definition) is 1. The van der Waals surface area contributed by atoms with Crippen LogP contribution in [0.3, 0.4) is 0 Å². The van der Waals surface area contributed by atoms with E-state index in [0.29, 0.717) is 16.0 Å². The van der Waals surface area contributed by atoms with E-state index in [4.69, 9.17) is 11.6 Å². The Morgan fingerprint density at radius 1 is 1.50 bits per heavy atom. The SMILES string of the molecule is Cc1nc2sccc2c(=O)n1/N=C\c1cc(Cl)cc([N+](=O)[O-])c1O. The molecule has 10 heteroatoms. The second kappa shape index (κ2) is 6.02. The van der Waals surface area contributed by atoms with Crippen molar-refractivity contribution in [1.29, 1.82) is 0 Å². The van der Waals surface area contributed by atoms with Gasteiger partial charge in [-0.15, -0.1) is 11.3 Å². The molecule has 3 aromatic rings. The molecular formula is C14H9ClN4O4S. The third-order valence-electron chi connectivity index (χ3n) is 3.23. The van der Waals surface area contributed by atoms with Crippen LogP contribution in [0.2, 0.25) is 5.02 Å². The van der Waals surface area contributed by atoms with Crippen molar-refractivity contribution in [3.8, 4) is 5.75 Å². The van der Waals surface area contributed by atoms with Gasteiger partial charge in [-0.3, -0.25) is 14.9 Å². The number of nitro groups is 1. The minimum absolute atomic E-state index is 0.0194. The Labute approximate surface area is 143 Å². The number of aryl methyl sites for hydroxylation is 1. The van der Waals surface area contributed by atoms with Crippen LogP contribution in [-0.2, 0) is 0 Å². The lowest BCUT2D eigenvalue weighted by atomic mass is 10.2. The molecule has 0 radical (unpaired) electrons. The summed E-state index contributed by atoms with van der Waals surface area (Å²) in [6.45, 7) is 1.61. The molecule has 2 heterocycles. The fraction of sp³-hybridized carbons (Fsp3) is 0.0714. The van der Waals surface area contributed by atoms with E-state index in [1.54, 1.807) is 18.4 Å². The van der Waals surface area contributed by atoms with Crippen LogP contribution in [0.1, 0.15) is 11.4 Å². The standard InChI is InChI=1S/C14H9ClN4O4S/c1-7-17-13-10(2-3-24-13)14(21)18(7)16-6-8-4-9(15)5-11(12(8)20)19(22)23/h2-6,20H,1H3/b16-6-. The molecule has 8 nitrogen and oxygen atoms in total. The molecule has 0 aliphatic heterocycles. The summed E-state index contributed by atoms with van der Waals surface area (Å²) in [5, 5.41) is 27.1. The van der Waals surface area contributed by atoms with E-state index in [-0.39, 0.29) is 16.1 Å². The Hall–Kier alpha value is -2.78. The highest BCUT2D eigenvalue weighted by Crippen LogP contribution is 2.32. The predicted octanol–water partition coefficient (Wildman–Crippen LogP) is 2.92. The molecule has 122 valence electrons. The average molecular weight is 365 g/mol. The van der Waals surface area contributed by atoms with Gasteiger partial charge in [0, 0.05) is 16.7 Å². The van der Waals surface area contributed by atoms with Crippen molar-refractivity contribution in [3.63, 3.8) is 0 Å². The van der Waals surface area contributed by atoms with Gasteiger partial charge in [-0.25, -0.2) is 4.98 Å². The maximum atomic E-state index is 12.4. The normalized spacial score (nSPS) is 11.4. The van der Waals surface area contributed by atoms with Crippen LogP contribution >= 0.6 is 22.9 Å².